The molecule has 0 saturated heterocycles. The van der Waals surface area contributed by atoms with E-state index in [0.717, 1.165) is 13.0 Å². The first-order chi connectivity index (χ1) is 7.80. The van der Waals surface area contributed by atoms with Gasteiger partial charge in [-0.2, -0.15) is 0 Å². The minimum Gasteiger partial charge on any atom is -0.298 e. The Bertz CT molecular complexity index is 277. The predicted molar refractivity (Wildman–Crippen MR) is 72.0 cm³/mol. The fourth-order valence-electron chi connectivity index (χ4n) is 1.88. The monoisotopic (exact) mass is 240 g/mol. The van der Waals surface area contributed by atoms with Crippen molar-refractivity contribution < 1.29 is 0 Å². The molecule has 0 N–H and O–H groups in total. The lowest BCUT2D eigenvalue weighted by Gasteiger charge is -2.19. The third kappa shape index (κ3) is 4.62. The van der Waals surface area contributed by atoms with Gasteiger partial charge in [0.15, 0.2) is 0 Å². The predicted octanol–water partition coefficient (Wildman–Crippen LogP) is 3.72. The molecule has 16 heavy (non-hydrogen) atoms. The SMILES string of the molecule is CCCc1nc(CN(CCC)CCC)cs1. The largest absolute Gasteiger partial charge is 0.298 e. The summed E-state index contributed by atoms with van der Waals surface area (Å²) in [7, 11) is 0. The molecule has 0 atom stereocenters. The third-order valence-corrected chi connectivity index (χ3v) is 3.49. The molecule has 1 aromatic heterocycles. The van der Waals surface area contributed by atoms with Crippen LogP contribution in [0.3, 0.4) is 0 Å². The van der Waals surface area contributed by atoms with Crippen molar-refractivity contribution in [1.29, 1.82) is 0 Å². The second kappa shape index (κ2) is 7.80. The molecule has 0 aromatic carbocycles. The number of hydrogen-bond acceptors (Lipinski definition) is 3. The fraction of sp³-hybridized carbons (Fsp3) is 0.769. The van der Waals surface area contributed by atoms with Crippen LogP contribution >= 0.6 is 11.3 Å². The van der Waals surface area contributed by atoms with Crippen LogP contribution in [0.4, 0.5) is 0 Å². The number of hydrogen-bond donors (Lipinski definition) is 0. The van der Waals surface area contributed by atoms with E-state index in [1.807, 2.05) is 11.3 Å². The van der Waals surface area contributed by atoms with Gasteiger partial charge in [-0.1, -0.05) is 20.8 Å². The molecule has 2 nitrogen and oxygen atoms in total. The van der Waals surface area contributed by atoms with Crippen molar-refractivity contribution in [2.24, 2.45) is 0 Å². The molecule has 0 aliphatic carbocycles. The molecule has 0 spiro atoms. The van der Waals surface area contributed by atoms with Gasteiger partial charge in [0.05, 0.1) is 10.7 Å². The van der Waals surface area contributed by atoms with Gasteiger partial charge < -0.3 is 0 Å². The molecule has 0 fully saturated rings. The Morgan fingerprint density at radius 2 is 1.81 bits per heavy atom. The van der Waals surface area contributed by atoms with Gasteiger partial charge >= 0.3 is 0 Å². The number of rotatable bonds is 8. The Morgan fingerprint density at radius 1 is 1.12 bits per heavy atom. The maximum atomic E-state index is 4.68. The van der Waals surface area contributed by atoms with Crippen LogP contribution in [-0.4, -0.2) is 23.0 Å². The zero-order valence-electron chi connectivity index (χ0n) is 10.8. The molecule has 1 aromatic rings. The van der Waals surface area contributed by atoms with E-state index in [4.69, 9.17) is 0 Å². The zero-order chi connectivity index (χ0) is 11.8. The topological polar surface area (TPSA) is 16.1 Å². The Labute approximate surface area is 104 Å². The van der Waals surface area contributed by atoms with Crippen LogP contribution in [0.2, 0.25) is 0 Å². The van der Waals surface area contributed by atoms with Crippen molar-refractivity contribution >= 4 is 11.3 Å². The zero-order valence-corrected chi connectivity index (χ0v) is 11.6. The molecule has 0 aliphatic heterocycles. The van der Waals surface area contributed by atoms with E-state index < -0.39 is 0 Å². The average molecular weight is 240 g/mol. The van der Waals surface area contributed by atoms with Crippen molar-refractivity contribution in [3.8, 4) is 0 Å². The minimum atomic E-state index is 1.03. The van der Waals surface area contributed by atoms with Gasteiger partial charge in [-0.15, -0.1) is 11.3 Å². The minimum absolute atomic E-state index is 1.03. The van der Waals surface area contributed by atoms with Crippen LogP contribution in [-0.2, 0) is 13.0 Å². The summed E-state index contributed by atoms with van der Waals surface area (Å²) < 4.78 is 0. The van der Waals surface area contributed by atoms with Crippen LogP contribution < -0.4 is 0 Å². The summed E-state index contributed by atoms with van der Waals surface area (Å²) in [6, 6.07) is 0. The van der Waals surface area contributed by atoms with Gasteiger partial charge in [-0.25, -0.2) is 4.98 Å². The lowest BCUT2D eigenvalue weighted by molar-refractivity contribution is 0.264. The van der Waals surface area contributed by atoms with Crippen molar-refractivity contribution in [3.05, 3.63) is 16.1 Å². The summed E-state index contributed by atoms with van der Waals surface area (Å²) in [4.78, 5) is 7.19. The van der Waals surface area contributed by atoms with Crippen molar-refractivity contribution in [2.45, 2.75) is 53.0 Å². The number of thiazole rings is 1. The normalized spacial score (nSPS) is 11.2. The second-order valence-electron chi connectivity index (χ2n) is 4.26. The summed E-state index contributed by atoms with van der Waals surface area (Å²) >= 11 is 1.81. The van der Waals surface area contributed by atoms with E-state index in [0.29, 0.717) is 0 Å². The van der Waals surface area contributed by atoms with Gasteiger partial charge in [0.25, 0.3) is 0 Å². The highest BCUT2D eigenvalue weighted by Crippen LogP contribution is 2.13. The van der Waals surface area contributed by atoms with Gasteiger partial charge in [0, 0.05) is 11.9 Å². The molecule has 3 heteroatoms. The van der Waals surface area contributed by atoms with Crippen LogP contribution in [0.1, 0.15) is 50.7 Å². The van der Waals surface area contributed by atoms with Gasteiger partial charge in [0.1, 0.15) is 0 Å². The highest BCUT2D eigenvalue weighted by atomic mass is 32.1. The molecule has 0 radical (unpaired) electrons. The van der Waals surface area contributed by atoms with Crippen molar-refractivity contribution in [1.82, 2.24) is 9.88 Å². The Morgan fingerprint density at radius 3 is 2.38 bits per heavy atom. The van der Waals surface area contributed by atoms with E-state index >= 15 is 0 Å². The first-order valence-electron chi connectivity index (χ1n) is 6.45. The lowest BCUT2D eigenvalue weighted by Crippen LogP contribution is -2.25. The molecular formula is C13H24N2S. The van der Waals surface area contributed by atoms with E-state index in [9.17, 15) is 0 Å². The Hall–Kier alpha value is -0.410. The first-order valence-corrected chi connectivity index (χ1v) is 7.33. The molecule has 0 saturated carbocycles. The third-order valence-electron chi connectivity index (χ3n) is 2.53. The van der Waals surface area contributed by atoms with Gasteiger partial charge in [-0.3, -0.25) is 4.90 Å². The summed E-state index contributed by atoms with van der Waals surface area (Å²) in [6.07, 6.45) is 4.78. The molecule has 1 rings (SSSR count). The molecule has 0 aliphatic rings. The second-order valence-corrected chi connectivity index (χ2v) is 5.20. The molecule has 0 unspecified atom stereocenters. The molecule has 0 amide bonds. The van der Waals surface area contributed by atoms with Crippen molar-refractivity contribution in [2.75, 3.05) is 13.1 Å². The quantitative estimate of drug-likeness (QED) is 0.688. The summed E-state index contributed by atoms with van der Waals surface area (Å²) in [6.45, 7) is 10.1. The summed E-state index contributed by atoms with van der Waals surface area (Å²) in [5.74, 6) is 0. The molecule has 92 valence electrons. The van der Waals surface area contributed by atoms with E-state index in [2.05, 4.69) is 36.0 Å². The smallest absolute Gasteiger partial charge is 0.0928 e. The Kier molecular flexibility index (Phi) is 6.65. The lowest BCUT2D eigenvalue weighted by atomic mass is 10.3. The van der Waals surface area contributed by atoms with Crippen LogP contribution in [0, 0.1) is 0 Å². The maximum absolute atomic E-state index is 4.68. The first kappa shape index (κ1) is 13.7. The van der Waals surface area contributed by atoms with Gasteiger partial charge in [0.2, 0.25) is 0 Å². The average Bonchev–Trinajstić information content (AvgIpc) is 2.67. The van der Waals surface area contributed by atoms with Crippen LogP contribution in [0.25, 0.3) is 0 Å². The fourth-order valence-corrected chi connectivity index (χ4v) is 2.77. The van der Waals surface area contributed by atoms with E-state index in [1.54, 1.807) is 0 Å². The van der Waals surface area contributed by atoms with Crippen LogP contribution in [0.5, 0.6) is 0 Å². The van der Waals surface area contributed by atoms with Gasteiger partial charge in [-0.05, 0) is 38.8 Å². The Balaban J connectivity index is 2.48. The standard InChI is InChI=1S/C13H24N2S/c1-4-7-13-14-12(11-16-13)10-15(8-5-2)9-6-3/h11H,4-10H2,1-3H3. The number of nitrogens with zero attached hydrogens (tertiary/aromatic N) is 2. The molecule has 1 heterocycles. The molecule has 0 bridgehead atoms. The van der Waals surface area contributed by atoms with E-state index in [1.165, 1.54) is 43.1 Å². The van der Waals surface area contributed by atoms with Crippen LogP contribution in [0.15, 0.2) is 5.38 Å². The van der Waals surface area contributed by atoms with E-state index in [-0.39, 0.29) is 0 Å². The molecular weight excluding hydrogens is 216 g/mol. The number of aromatic nitrogens is 1. The summed E-state index contributed by atoms with van der Waals surface area (Å²) in [5.41, 5.74) is 1.26. The highest BCUT2D eigenvalue weighted by Gasteiger charge is 2.07. The van der Waals surface area contributed by atoms with Crippen molar-refractivity contribution in [3.63, 3.8) is 0 Å². The summed E-state index contributed by atoms with van der Waals surface area (Å²) in [5, 5.41) is 3.52. The maximum Gasteiger partial charge on any atom is 0.0928 e. The highest BCUT2D eigenvalue weighted by molar-refractivity contribution is 7.09. The number of aryl methyl sites for hydroxylation is 1.